The van der Waals surface area contributed by atoms with Crippen molar-refractivity contribution >= 4 is 23.2 Å². The first-order valence-corrected chi connectivity index (χ1v) is 12.1. The Balaban J connectivity index is 1.58. The molecule has 2 aromatic rings. The molecule has 2 amide bonds. The molecular weight excluding hydrogens is 412 g/mol. The first kappa shape index (κ1) is 21.7. The molecule has 7 nitrogen and oxygen atoms in total. The molecule has 0 bridgehead atoms. The maximum absolute atomic E-state index is 13.3. The number of nitrogens with zero attached hydrogens (tertiary/aromatic N) is 3. The molecule has 4 heterocycles. The van der Waals surface area contributed by atoms with Gasteiger partial charge in [0.05, 0.1) is 18.3 Å². The third-order valence-corrected chi connectivity index (χ3v) is 7.26. The highest BCUT2D eigenvalue weighted by Crippen LogP contribution is 2.31. The van der Waals surface area contributed by atoms with Crippen LogP contribution in [0.2, 0.25) is 0 Å². The van der Waals surface area contributed by atoms with Gasteiger partial charge in [-0.25, -0.2) is 4.98 Å². The maximum Gasteiger partial charge on any atom is 0.254 e. The first-order chi connectivity index (χ1) is 15.0. The Morgan fingerprint density at radius 2 is 2.16 bits per heavy atom. The number of aromatic amines is 1. The highest BCUT2D eigenvalue weighted by atomic mass is 32.1. The summed E-state index contributed by atoms with van der Waals surface area (Å²) in [5, 5.41) is 2.03. The molecule has 0 saturated carbocycles. The van der Waals surface area contributed by atoms with E-state index in [1.165, 1.54) is 4.88 Å². The SMILES string of the molecule is CCC(=O)N1CCc2c(nc([C@@H]3CCCCN3C(=O)[C@H](C)Cc3cccs3)[nH]c2=O)C1. The minimum atomic E-state index is -0.220. The molecule has 2 aromatic heterocycles. The van der Waals surface area contributed by atoms with Crippen molar-refractivity contribution < 1.29 is 9.59 Å². The number of hydrogen-bond donors (Lipinski definition) is 1. The highest BCUT2D eigenvalue weighted by molar-refractivity contribution is 7.09. The number of carbonyl (C=O) groups excluding carboxylic acids is 2. The summed E-state index contributed by atoms with van der Waals surface area (Å²) >= 11 is 1.67. The lowest BCUT2D eigenvalue weighted by atomic mass is 9.97. The zero-order valence-corrected chi connectivity index (χ0v) is 19.0. The Hall–Kier alpha value is -2.48. The minimum Gasteiger partial charge on any atom is -0.336 e. The van der Waals surface area contributed by atoms with Crippen molar-refractivity contribution in [2.24, 2.45) is 5.92 Å². The molecule has 8 heteroatoms. The van der Waals surface area contributed by atoms with Crippen molar-refractivity contribution in [2.75, 3.05) is 13.1 Å². The molecule has 0 aromatic carbocycles. The van der Waals surface area contributed by atoms with Crippen molar-refractivity contribution in [1.82, 2.24) is 19.8 Å². The van der Waals surface area contributed by atoms with Crippen molar-refractivity contribution in [1.29, 1.82) is 0 Å². The van der Waals surface area contributed by atoms with E-state index in [1.54, 1.807) is 16.2 Å². The lowest BCUT2D eigenvalue weighted by Crippen LogP contribution is -2.44. The average Bonchev–Trinajstić information content (AvgIpc) is 3.30. The van der Waals surface area contributed by atoms with Gasteiger partial charge in [-0.2, -0.15) is 0 Å². The summed E-state index contributed by atoms with van der Waals surface area (Å²) < 4.78 is 0. The second kappa shape index (κ2) is 9.34. The second-order valence-corrected chi connectivity index (χ2v) is 9.56. The van der Waals surface area contributed by atoms with Gasteiger partial charge in [0.1, 0.15) is 5.82 Å². The molecule has 0 aliphatic carbocycles. The molecule has 1 N–H and O–H groups in total. The normalized spacial score (nSPS) is 19.7. The minimum absolute atomic E-state index is 0.0751. The summed E-state index contributed by atoms with van der Waals surface area (Å²) in [7, 11) is 0. The van der Waals surface area contributed by atoms with Gasteiger partial charge in [-0.05, 0) is 43.6 Å². The summed E-state index contributed by atoms with van der Waals surface area (Å²) in [6, 6.07) is 3.85. The summed E-state index contributed by atoms with van der Waals surface area (Å²) in [6.07, 6.45) is 4.43. The molecule has 0 unspecified atom stereocenters. The molecule has 4 rings (SSSR count). The van der Waals surface area contributed by atoms with Crippen LogP contribution in [0.15, 0.2) is 22.3 Å². The predicted octanol–water partition coefficient (Wildman–Crippen LogP) is 3.06. The quantitative estimate of drug-likeness (QED) is 0.771. The number of piperidine rings is 1. The van der Waals surface area contributed by atoms with Gasteiger partial charge in [0, 0.05) is 35.9 Å². The van der Waals surface area contributed by atoms with Crippen LogP contribution in [0, 0.1) is 5.92 Å². The Labute approximate surface area is 186 Å². The van der Waals surface area contributed by atoms with Crippen LogP contribution in [0.3, 0.4) is 0 Å². The number of thiophene rings is 1. The molecule has 31 heavy (non-hydrogen) atoms. The largest absolute Gasteiger partial charge is 0.336 e. The van der Waals surface area contributed by atoms with Gasteiger partial charge in [-0.1, -0.05) is 19.9 Å². The van der Waals surface area contributed by atoms with E-state index in [0.29, 0.717) is 49.6 Å². The van der Waals surface area contributed by atoms with Crippen molar-refractivity contribution in [3.05, 3.63) is 49.8 Å². The summed E-state index contributed by atoms with van der Waals surface area (Å²) in [6.45, 7) is 5.42. The number of amides is 2. The van der Waals surface area contributed by atoms with Crippen molar-refractivity contribution in [3.8, 4) is 0 Å². The van der Waals surface area contributed by atoms with E-state index in [-0.39, 0.29) is 29.3 Å². The van der Waals surface area contributed by atoms with Gasteiger partial charge in [-0.3, -0.25) is 14.4 Å². The van der Waals surface area contributed by atoms with Gasteiger partial charge < -0.3 is 14.8 Å². The van der Waals surface area contributed by atoms with E-state index < -0.39 is 0 Å². The standard InChI is InChI=1S/C23H30N4O3S/c1-3-20(28)26-11-9-17-18(14-26)24-21(25-22(17)29)19-8-4-5-10-27(19)23(30)15(2)13-16-7-6-12-31-16/h6-7,12,15,19H,3-5,8-11,13-14H2,1-2H3,(H,24,25,29)/t15-,19+/m1/s1. The van der Waals surface area contributed by atoms with Crippen LogP contribution in [-0.2, 0) is 29.0 Å². The fourth-order valence-electron chi connectivity index (χ4n) is 4.63. The van der Waals surface area contributed by atoms with Gasteiger partial charge in [-0.15, -0.1) is 11.3 Å². The summed E-state index contributed by atoms with van der Waals surface area (Å²) in [5.41, 5.74) is 1.22. The molecule has 2 aliphatic rings. The number of rotatable bonds is 5. The molecule has 0 spiro atoms. The van der Waals surface area contributed by atoms with Gasteiger partial charge in [0.25, 0.3) is 5.56 Å². The number of carbonyl (C=O) groups is 2. The van der Waals surface area contributed by atoms with E-state index in [9.17, 15) is 14.4 Å². The Kier molecular flexibility index (Phi) is 6.55. The van der Waals surface area contributed by atoms with Crippen molar-refractivity contribution in [3.63, 3.8) is 0 Å². The predicted molar refractivity (Wildman–Crippen MR) is 120 cm³/mol. The average molecular weight is 443 g/mol. The van der Waals surface area contributed by atoms with E-state index in [1.807, 2.05) is 30.2 Å². The second-order valence-electron chi connectivity index (χ2n) is 8.52. The maximum atomic E-state index is 13.3. The lowest BCUT2D eigenvalue weighted by Gasteiger charge is -2.37. The van der Waals surface area contributed by atoms with Crippen LogP contribution in [0.25, 0.3) is 0 Å². The fourth-order valence-corrected chi connectivity index (χ4v) is 5.47. The lowest BCUT2D eigenvalue weighted by molar-refractivity contribution is -0.139. The Morgan fingerprint density at radius 3 is 2.90 bits per heavy atom. The van der Waals surface area contributed by atoms with Crippen LogP contribution >= 0.6 is 11.3 Å². The monoisotopic (exact) mass is 442 g/mol. The molecule has 2 aliphatic heterocycles. The number of nitrogens with one attached hydrogen (secondary N) is 1. The van der Waals surface area contributed by atoms with Crippen molar-refractivity contribution in [2.45, 2.75) is 65.0 Å². The van der Waals surface area contributed by atoms with Crippen LogP contribution in [-0.4, -0.2) is 44.7 Å². The van der Waals surface area contributed by atoms with Gasteiger partial charge in [0.2, 0.25) is 11.8 Å². The number of H-pyrrole nitrogens is 1. The Bertz CT molecular complexity index is 1000. The van der Waals surface area contributed by atoms with E-state index in [2.05, 4.69) is 11.1 Å². The first-order valence-electron chi connectivity index (χ1n) is 11.2. The van der Waals surface area contributed by atoms with E-state index >= 15 is 0 Å². The smallest absolute Gasteiger partial charge is 0.254 e. The number of fused-ring (bicyclic) bond motifs is 1. The molecule has 1 fully saturated rings. The molecular formula is C23H30N4O3S. The van der Waals surface area contributed by atoms with Gasteiger partial charge in [0.15, 0.2) is 0 Å². The van der Waals surface area contributed by atoms with Crippen LogP contribution in [0.4, 0.5) is 0 Å². The number of likely N-dealkylation sites (tertiary alicyclic amines) is 1. The van der Waals surface area contributed by atoms with Gasteiger partial charge >= 0.3 is 0 Å². The Morgan fingerprint density at radius 1 is 1.32 bits per heavy atom. The summed E-state index contributed by atoms with van der Waals surface area (Å²) in [4.78, 5) is 50.9. The zero-order chi connectivity index (χ0) is 22.0. The topological polar surface area (TPSA) is 86.4 Å². The molecule has 2 atom stereocenters. The zero-order valence-electron chi connectivity index (χ0n) is 18.2. The molecule has 0 radical (unpaired) electrons. The molecule has 166 valence electrons. The van der Waals surface area contributed by atoms with Crippen LogP contribution in [0.1, 0.15) is 67.5 Å². The fraction of sp³-hybridized carbons (Fsp3) is 0.565. The number of hydrogen-bond acceptors (Lipinski definition) is 5. The van der Waals surface area contributed by atoms with E-state index in [4.69, 9.17) is 4.98 Å². The van der Waals surface area contributed by atoms with Crippen LogP contribution in [0.5, 0.6) is 0 Å². The third kappa shape index (κ3) is 4.59. The molecule has 1 saturated heterocycles. The van der Waals surface area contributed by atoms with E-state index in [0.717, 1.165) is 25.7 Å². The third-order valence-electron chi connectivity index (χ3n) is 6.36. The summed E-state index contributed by atoms with van der Waals surface area (Å²) in [5.74, 6) is 0.625. The highest BCUT2D eigenvalue weighted by Gasteiger charge is 2.33. The van der Waals surface area contributed by atoms with Crippen LogP contribution < -0.4 is 5.56 Å². The number of aromatic nitrogens is 2.